The van der Waals surface area contributed by atoms with E-state index in [9.17, 15) is 0 Å². The lowest BCUT2D eigenvalue weighted by atomic mass is 10.2. The minimum Gasteiger partial charge on any atom is -0.497 e. The Balaban J connectivity index is 1.74. The van der Waals surface area contributed by atoms with E-state index in [0.29, 0.717) is 0 Å². The van der Waals surface area contributed by atoms with Gasteiger partial charge in [-0.05, 0) is 55.8 Å². The summed E-state index contributed by atoms with van der Waals surface area (Å²) in [6.45, 7) is 3.97. The van der Waals surface area contributed by atoms with E-state index in [1.165, 1.54) is 18.4 Å². The predicted octanol–water partition coefficient (Wildman–Crippen LogP) is 4.34. The number of ether oxygens (including phenoxy) is 1. The molecule has 5 heteroatoms. The number of hydrogen-bond donors (Lipinski definition) is 0. The van der Waals surface area contributed by atoms with Crippen molar-refractivity contribution < 1.29 is 4.74 Å². The Morgan fingerprint density at radius 1 is 1.08 bits per heavy atom. The number of methoxy groups -OCH3 is 1. The predicted molar refractivity (Wildman–Crippen MR) is 101 cm³/mol. The van der Waals surface area contributed by atoms with Gasteiger partial charge in [-0.3, -0.25) is 4.90 Å². The summed E-state index contributed by atoms with van der Waals surface area (Å²) in [5, 5.41) is 0.768. The normalized spacial score (nSPS) is 15.1. The van der Waals surface area contributed by atoms with Crippen molar-refractivity contribution in [2.75, 3.05) is 20.2 Å². The van der Waals surface area contributed by atoms with Crippen LogP contribution in [-0.2, 0) is 13.1 Å². The number of fused-ring (bicyclic) bond motifs is 1. The number of rotatable bonds is 5. The van der Waals surface area contributed by atoms with Crippen LogP contribution in [0.3, 0.4) is 0 Å². The SMILES string of the molecule is COc1ccc2c(c1)nc(CN1CCCC1)n2Cc1cccc(Cl)c1. The molecule has 0 N–H and O–H groups in total. The van der Waals surface area contributed by atoms with Crippen LogP contribution in [0.1, 0.15) is 24.2 Å². The highest BCUT2D eigenvalue weighted by Gasteiger charge is 2.18. The van der Waals surface area contributed by atoms with E-state index in [1.54, 1.807) is 7.11 Å². The third-order valence-corrected chi connectivity index (χ3v) is 5.06. The molecule has 25 heavy (non-hydrogen) atoms. The Morgan fingerprint density at radius 2 is 1.92 bits per heavy atom. The van der Waals surface area contributed by atoms with Gasteiger partial charge in [0.25, 0.3) is 0 Å². The van der Waals surface area contributed by atoms with Crippen molar-refractivity contribution in [3.63, 3.8) is 0 Å². The molecule has 3 aromatic rings. The molecule has 2 heterocycles. The van der Waals surface area contributed by atoms with Crippen molar-refractivity contribution in [1.29, 1.82) is 0 Å². The van der Waals surface area contributed by atoms with Crippen molar-refractivity contribution in [3.8, 4) is 5.75 Å². The molecule has 0 spiro atoms. The summed E-state index contributed by atoms with van der Waals surface area (Å²) >= 11 is 6.17. The van der Waals surface area contributed by atoms with Crippen LogP contribution < -0.4 is 4.74 Å². The van der Waals surface area contributed by atoms with Crippen molar-refractivity contribution in [2.24, 2.45) is 0 Å². The molecule has 0 unspecified atom stereocenters. The number of benzene rings is 2. The molecule has 4 nitrogen and oxygen atoms in total. The third-order valence-electron chi connectivity index (χ3n) is 4.83. The van der Waals surface area contributed by atoms with Gasteiger partial charge in [-0.2, -0.15) is 0 Å². The molecule has 0 bridgehead atoms. The number of likely N-dealkylation sites (tertiary alicyclic amines) is 1. The molecule has 0 aliphatic carbocycles. The average Bonchev–Trinajstić information content (AvgIpc) is 3.23. The maximum Gasteiger partial charge on any atom is 0.124 e. The molecule has 130 valence electrons. The molecule has 1 fully saturated rings. The second kappa shape index (κ2) is 7.06. The fourth-order valence-electron chi connectivity index (χ4n) is 3.54. The van der Waals surface area contributed by atoms with Gasteiger partial charge >= 0.3 is 0 Å². The third kappa shape index (κ3) is 3.51. The van der Waals surface area contributed by atoms with E-state index in [-0.39, 0.29) is 0 Å². The van der Waals surface area contributed by atoms with Gasteiger partial charge < -0.3 is 9.30 Å². The molecular formula is C20H22ClN3O. The lowest BCUT2D eigenvalue weighted by molar-refractivity contribution is 0.318. The van der Waals surface area contributed by atoms with E-state index >= 15 is 0 Å². The van der Waals surface area contributed by atoms with Crippen LogP contribution >= 0.6 is 11.6 Å². The molecule has 0 saturated carbocycles. The van der Waals surface area contributed by atoms with Crippen LogP contribution in [0.2, 0.25) is 5.02 Å². The monoisotopic (exact) mass is 355 g/mol. The van der Waals surface area contributed by atoms with E-state index in [0.717, 1.165) is 53.8 Å². The zero-order chi connectivity index (χ0) is 17.2. The quantitative estimate of drug-likeness (QED) is 0.682. The standard InChI is InChI=1S/C20H22ClN3O/c1-25-17-7-8-19-18(12-17)22-20(14-23-9-2-3-10-23)24(19)13-15-5-4-6-16(21)11-15/h4-8,11-12H,2-3,9-10,13-14H2,1H3. The summed E-state index contributed by atoms with van der Waals surface area (Å²) in [5.74, 6) is 1.94. The van der Waals surface area contributed by atoms with Crippen LogP contribution in [0.15, 0.2) is 42.5 Å². The van der Waals surface area contributed by atoms with Crippen molar-refractivity contribution in [3.05, 3.63) is 58.9 Å². The number of halogens is 1. The Labute approximate surface area is 153 Å². The molecule has 1 aliphatic heterocycles. The van der Waals surface area contributed by atoms with Gasteiger partial charge in [0, 0.05) is 17.6 Å². The lowest BCUT2D eigenvalue weighted by Gasteiger charge is -2.16. The summed E-state index contributed by atoms with van der Waals surface area (Å²) in [6, 6.07) is 14.2. The fraction of sp³-hybridized carbons (Fsp3) is 0.350. The minimum absolute atomic E-state index is 0.768. The van der Waals surface area contributed by atoms with Crippen molar-refractivity contribution in [1.82, 2.24) is 14.5 Å². The second-order valence-corrected chi connectivity index (χ2v) is 7.02. The van der Waals surface area contributed by atoms with Gasteiger partial charge in [0.05, 0.1) is 24.7 Å². The molecule has 1 aliphatic rings. The summed E-state index contributed by atoms with van der Waals surface area (Å²) in [6.07, 6.45) is 2.56. The van der Waals surface area contributed by atoms with Crippen LogP contribution in [0.4, 0.5) is 0 Å². The van der Waals surface area contributed by atoms with E-state index in [4.69, 9.17) is 21.3 Å². The van der Waals surface area contributed by atoms with Crippen molar-refractivity contribution >= 4 is 22.6 Å². The summed E-state index contributed by atoms with van der Waals surface area (Å²) in [5.41, 5.74) is 3.30. The molecule has 1 aromatic heterocycles. The highest BCUT2D eigenvalue weighted by Crippen LogP contribution is 2.25. The topological polar surface area (TPSA) is 30.3 Å². The number of nitrogens with zero attached hydrogens (tertiary/aromatic N) is 3. The second-order valence-electron chi connectivity index (χ2n) is 6.58. The first-order valence-corrected chi connectivity index (χ1v) is 9.11. The van der Waals surface area contributed by atoms with Gasteiger partial charge in [-0.15, -0.1) is 0 Å². The van der Waals surface area contributed by atoms with Gasteiger partial charge in [-0.1, -0.05) is 23.7 Å². The smallest absolute Gasteiger partial charge is 0.124 e. The first-order chi connectivity index (χ1) is 12.2. The summed E-state index contributed by atoms with van der Waals surface area (Å²) in [7, 11) is 1.69. The van der Waals surface area contributed by atoms with Crippen LogP contribution in [-0.4, -0.2) is 34.7 Å². The molecule has 4 rings (SSSR count). The Hall–Kier alpha value is -2.04. The van der Waals surface area contributed by atoms with Gasteiger partial charge in [0.15, 0.2) is 0 Å². The van der Waals surface area contributed by atoms with E-state index in [2.05, 4.69) is 21.6 Å². The van der Waals surface area contributed by atoms with Crippen molar-refractivity contribution in [2.45, 2.75) is 25.9 Å². The van der Waals surface area contributed by atoms with Crippen LogP contribution in [0, 0.1) is 0 Å². The molecule has 1 saturated heterocycles. The van der Waals surface area contributed by atoms with Gasteiger partial charge in [0.1, 0.15) is 11.6 Å². The maximum atomic E-state index is 6.17. The van der Waals surface area contributed by atoms with Gasteiger partial charge in [-0.25, -0.2) is 4.98 Å². The summed E-state index contributed by atoms with van der Waals surface area (Å²) in [4.78, 5) is 7.39. The Bertz CT molecular complexity index is 884. The number of imidazole rings is 1. The maximum absolute atomic E-state index is 6.17. The molecule has 2 aromatic carbocycles. The number of aromatic nitrogens is 2. The zero-order valence-corrected chi connectivity index (χ0v) is 15.2. The van der Waals surface area contributed by atoms with E-state index in [1.807, 2.05) is 30.3 Å². The fourth-order valence-corrected chi connectivity index (χ4v) is 3.76. The highest BCUT2D eigenvalue weighted by molar-refractivity contribution is 6.30. The Kier molecular flexibility index (Phi) is 4.64. The first kappa shape index (κ1) is 16.4. The average molecular weight is 356 g/mol. The van der Waals surface area contributed by atoms with Crippen LogP contribution in [0.5, 0.6) is 5.75 Å². The zero-order valence-electron chi connectivity index (χ0n) is 14.4. The molecule has 0 radical (unpaired) electrons. The van der Waals surface area contributed by atoms with Crippen LogP contribution in [0.25, 0.3) is 11.0 Å². The Morgan fingerprint density at radius 3 is 2.68 bits per heavy atom. The van der Waals surface area contributed by atoms with E-state index < -0.39 is 0 Å². The number of hydrogen-bond acceptors (Lipinski definition) is 3. The lowest BCUT2D eigenvalue weighted by Crippen LogP contribution is -2.21. The highest BCUT2D eigenvalue weighted by atomic mass is 35.5. The van der Waals surface area contributed by atoms with Gasteiger partial charge in [0.2, 0.25) is 0 Å². The first-order valence-electron chi connectivity index (χ1n) is 8.73. The molecule has 0 amide bonds. The molecular weight excluding hydrogens is 334 g/mol. The summed E-state index contributed by atoms with van der Waals surface area (Å²) < 4.78 is 7.67. The molecule has 0 atom stereocenters. The minimum atomic E-state index is 0.768. The largest absolute Gasteiger partial charge is 0.497 e.